The molecule has 1 N–H and O–H groups in total. The van der Waals surface area contributed by atoms with E-state index >= 15 is 0 Å². The van der Waals surface area contributed by atoms with Gasteiger partial charge in [-0.2, -0.15) is 0 Å². The van der Waals surface area contributed by atoms with Gasteiger partial charge in [-0.05, 0) is 37.8 Å². The molecular weight excluding hydrogens is 248 g/mol. The third kappa shape index (κ3) is 2.02. The maximum absolute atomic E-state index is 12.7. The fourth-order valence-corrected chi connectivity index (χ4v) is 3.73. The average Bonchev–Trinajstić information content (AvgIpc) is 2.84. The van der Waals surface area contributed by atoms with E-state index in [1.807, 2.05) is 30.3 Å². The number of ketones is 1. The molecule has 1 aromatic heterocycles. The Morgan fingerprint density at radius 2 is 1.95 bits per heavy atom. The second kappa shape index (κ2) is 4.67. The number of hydrogen-bond acceptors (Lipinski definition) is 3. The molecule has 2 saturated heterocycles. The molecule has 2 aliphatic rings. The molecule has 3 nitrogen and oxygen atoms in total. The molecular formula is C17H18N2O. The molecule has 102 valence electrons. The number of hydrogen-bond donors (Lipinski definition) is 1. The lowest BCUT2D eigenvalue weighted by molar-refractivity contribution is 0.0876. The van der Waals surface area contributed by atoms with Gasteiger partial charge in [0.2, 0.25) is 0 Å². The zero-order chi connectivity index (χ0) is 13.5. The Balaban J connectivity index is 1.63. The summed E-state index contributed by atoms with van der Waals surface area (Å²) in [6.07, 6.45) is 6.23. The Labute approximate surface area is 118 Å². The molecule has 2 aliphatic heterocycles. The first-order chi connectivity index (χ1) is 9.79. The molecule has 0 aliphatic carbocycles. The van der Waals surface area contributed by atoms with Crippen LogP contribution in [0.1, 0.15) is 36.0 Å². The van der Waals surface area contributed by atoms with Crippen molar-refractivity contribution in [2.75, 3.05) is 0 Å². The highest BCUT2D eigenvalue weighted by Gasteiger charge is 2.36. The van der Waals surface area contributed by atoms with E-state index in [1.165, 1.54) is 12.8 Å². The van der Waals surface area contributed by atoms with Gasteiger partial charge in [-0.15, -0.1) is 0 Å². The number of rotatable bonds is 2. The van der Waals surface area contributed by atoms with Gasteiger partial charge >= 0.3 is 0 Å². The molecule has 2 atom stereocenters. The number of nitrogens with zero attached hydrogens (tertiary/aromatic N) is 1. The molecule has 4 rings (SSSR count). The second-order valence-electron chi connectivity index (χ2n) is 6.08. The molecule has 3 heterocycles. The first-order valence-electron chi connectivity index (χ1n) is 7.44. The first kappa shape index (κ1) is 12.0. The van der Waals surface area contributed by atoms with Crippen LogP contribution >= 0.6 is 0 Å². The van der Waals surface area contributed by atoms with Crippen molar-refractivity contribution in [1.29, 1.82) is 0 Å². The van der Waals surface area contributed by atoms with Gasteiger partial charge in [0, 0.05) is 35.1 Å². The Morgan fingerprint density at radius 3 is 2.75 bits per heavy atom. The maximum Gasteiger partial charge on any atom is 0.166 e. The SMILES string of the molecule is O=C(c1ccc2cccnc2c1)C1CC2CCC(C1)N2. The van der Waals surface area contributed by atoms with E-state index < -0.39 is 0 Å². The zero-order valence-corrected chi connectivity index (χ0v) is 11.4. The van der Waals surface area contributed by atoms with E-state index in [0.29, 0.717) is 17.9 Å². The number of nitrogens with one attached hydrogen (secondary N) is 1. The number of benzene rings is 1. The van der Waals surface area contributed by atoms with Gasteiger partial charge in [0.1, 0.15) is 0 Å². The van der Waals surface area contributed by atoms with Gasteiger partial charge in [-0.25, -0.2) is 0 Å². The van der Waals surface area contributed by atoms with Gasteiger partial charge < -0.3 is 5.32 Å². The van der Waals surface area contributed by atoms with E-state index in [0.717, 1.165) is 29.3 Å². The molecule has 0 radical (unpaired) electrons. The minimum Gasteiger partial charge on any atom is -0.311 e. The number of fused-ring (bicyclic) bond motifs is 3. The number of piperidine rings is 1. The lowest BCUT2D eigenvalue weighted by Gasteiger charge is -2.28. The van der Waals surface area contributed by atoms with Crippen LogP contribution in [0.3, 0.4) is 0 Å². The minimum atomic E-state index is 0.190. The van der Waals surface area contributed by atoms with E-state index in [2.05, 4.69) is 10.3 Å². The van der Waals surface area contributed by atoms with Crippen LogP contribution in [0.25, 0.3) is 10.9 Å². The summed E-state index contributed by atoms with van der Waals surface area (Å²) < 4.78 is 0. The van der Waals surface area contributed by atoms with Gasteiger partial charge in [0.05, 0.1) is 5.52 Å². The first-order valence-corrected chi connectivity index (χ1v) is 7.44. The fourth-order valence-electron chi connectivity index (χ4n) is 3.73. The van der Waals surface area contributed by atoms with Crippen LogP contribution in [0.15, 0.2) is 36.5 Å². The summed E-state index contributed by atoms with van der Waals surface area (Å²) >= 11 is 0. The smallest absolute Gasteiger partial charge is 0.166 e. The van der Waals surface area contributed by atoms with Crippen molar-refractivity contribution >= 4 is 16.7 Å². The van der Waals surface area contributed by atoms with E-state index in [4.69, 9.17) is 0 Å². The highest BCUT2D eigenvalue weighted by atomic mass is 16.1. The van der Waals surface area contributed by atoms with E-state index in [9.17, 15) is 4.79 Å². The number of pyridine rings is 1. The molecule has 1 aromatic carbocycles. The molecule has 0 saturated carbocycles. The summed E-state index contributed by atoms with van der Waals surface area (Å²) in [6, 6.07) is 11.0. The fraction of sp³-hybridized carbons (Fsp3) is 0.412. The third-order valence-corrected chi connectivity index (χ3v) is 4.73. The number of carbonyl (C=O) groups is 1. The Bertz CT molecular complexity index is 655. The van der Waals surface area contributed by atoms with Gasteiger partial charge in [-0.1, -0.05) is 18.2 Å². The molecule has 2 aromatic rings. The summed E-state index contributed by atoms with van der Waals surface area (Å²) in [5, 5.41) is 4.68. The minimum absolute atomic E-state index is 0.190. The van der Waals surface area contributed by atoms with Gasteiger partial charge in [0.15, 0.2) is 5.78 Å². The Morgan fingerprint density at radius 1 is 1.15 bits per heavy atom. The van der Waals surface area contributed by atoms with Gasteiger partial charge in [0.25, 0.3) is 0 Å². The van der Waals surface area contributed by atoms with Crippen LogP contribution < -0.4 is 5.32 Å². The third-order valence-electron chi connectivity index (χ3n) is 4.73. The number of Topliss-reactive ketones (excluding diaryl/α,β-unsaturated/α-hetero) is 1. The van der Waals surface area contributed by atoms with E-state index in [-0.39, 0.29) is 5.92 Å². The Hall–Kier alpha value is -1.74. The van der Waals surface area contributed by atoms with Crippen LogP contribution in [0.5, 0.6) is 0 Å². The molecule has 2 bridgehead atoms. The van der Waals surface area contributed by atoms with Crippen molar-refractivity contribution in [3.05, 3.63) is 42.1 Å². The molecule has 0 spiro atoms. The molecule has 3 heteroatoms. The quantitative estimate of drug-likeness (QED) is 0.850. The number of aromatic nitrogens is 1. The summed E-state index contributed by atoms with van der Waals surface area (Å²) in [7, 11) is 0. The summed E-state index contributed by atoms with van der Waals surface area (Å²) in [5.41, 5.74) is 1.73. The molecule has 2 fully saturated rings. The lowest BCUT2D eigenvalue weighted by Crippen LogP contribution is -2.40. The standard InChI is InChI=1S/C17H18N2O/c20-17(13-8-14-5-6-15(9-13)19-14)12-4-3-11-2-1-7-18-16(11)10-12/h1-4,7,10,13-15,19H,5-6,8-9H2. The van der Waals surface area contributed by atoms with Crippen molar-refractivity contribution in [3.63, 3.8) is 0 Å². The van der Waals surface area contributed by atoms with Crippen molar-refractivity contribution in [3.8, 4) is 0 Å². The maximum atomic E-state index is 12.7. The largest absolute Gasteiger partial charge is 0.311 e. The average molecular weight is 266 g/mol. The van der Waals surface area contributed by atoms with Crippen LogP contribution in [0.4, 0.5) is 0 Å². The molecule has 0 amide bonds. The van der Waals surface area contributed by atoms with Crippen LogP contribution in [0.2, 0.25) is 0 Å². The highest BCUT2D eigenvalue weighted by molar-refractivity contribution is 6.00. The normalized spacial score (nSPS) is 28.7. The van der Waals surface area contributed by atoms with Crippen LogP contribution in [-0.2, 0) is 0 Å². The summed E-state index contributed by atoms with van der Waals surface area (Å²) in [6.45, 7) is 0. The summed E-state index contributed by atoms with van der Waals surface area (Å²) in [5.74, 6) is 0.492. The monoisotopic (exact) mass is 266 g/mol. The number of carbonyl (C=O) groups excluding carboxylic acids is 1. The van der Waals surface area contributed by atoms with Crippen LogP contribution in [0, 0.1) is 5.92 Å². The topological polar surface area (TPSA) is 42.0 Å². The van der Waals surface area contributed by atoms with Crippen molar-refractivity contribution in [2.24, 2.45) is 5.92 Å². The zero-order valence-electron chi connectivity index (χ0n) is 11.4. The van der Waals surface area contributed by atoms with Crippen molar-refractivity contribution < 1.29 is 4.79 Å². The van der Waals surface area contributed by atoms with Crippen LogP contribution in [-0.4, -0.2) is 22.9 Å². The molecule has 2 unspecified atom stereocenters. The van der Waals surface area contributed by atoms with Gasteiger partial charge in [-0.3, -0.25) is 9.78 Å². The second-order valence-corrected chi connectivity index (χ2v) is 6.08. The summed E-state index contributed by atoms with van der Waals surface area (Å²) in [4.78, 5) is 17.1. The van der Waals surface area contributed by atoms with E-state index in [1.54, 1.807) is 6.20 Å². The predicted molar refractivity (Wildman–Crippen MR) is 78.7 cm³/mol. The predicted octanol–water partition coefficient (Wildman–Crippen LogP) is 2.95. The highest BCUT2D eigenvalue weighted by Crippen LogP contribution is 2.33. The Kier molecular flexibility index (Phi) is 2.81. The molecule has 20 heavy (non-hydrogen) atoms. The van der Waals surface area contributed by atoms with Crippen molar-refractivity contribution in [2.45, 2.75) is 37.8 Å². The lowest BCUT2D eigenvalue weighted by atomic mass is 9.86. The van der Waals surface area contributed by atoms with Crippen molar-refractivity contribution in [1.82, 2.24) is 10.3 Å².